The molecule has 0 saturated heterocycles. The molecule has 0 radical (unpaired) electrons. The van der Waals surface area contributed by atoms with Crippen molar-refractivity contribution >= 4 is 11.8 Å². The van der Waals surface area contributed by atoms with Crippen LogP contribution in [-0.2, 0) is 11.3 Å². The fraction of sp³-hybridized carbons (Fsp3) is 0.500. The molecular weight excluding hydrogens is 244 g/mol. The minimum absolute atomic E-state index is 0.355. The number of amides is 1. The van der Waals surface area contributed by atoms with Crippen LogP contribution in [0.25, 0.3) is 0 Å². The topological polar surface area (TPSA) is 64.8 Å². The first-order valence-corrected chi connectivity index (χ1v) is 6.37. The summed E-state index contributed by atoms with van der Waals surface area (Å²) in [4.78, 5) is 13.8. The van der Waals surface area contributed by atoms with Crippen molar-refractivity contribution in [3.05, 3.63) is 23.8 Å². The van der Waals surface area contributed by atoms with Crippen LogP contribution in [0.3, 0.4) is 0 Å². The van der Waals surface area contributed by atoms with Gasteiger partial charge in [0.15, 0.2) is 0 Å². The number of ether oxygens (including phenoxy) is 2. The second kappa shape index (κ2) is 5.09. The van der Waals surface area contributed by atoms with E-state index in [2.05, 4.69) is 0 Å². The highest BCUT2D eigenvalue weighted by Crippen LogP contribution is 2.33. The zero-order valence-electron chi connectivity index (χ0n) is 11.6. The molecule has 0 spiro atoms. The minimum Gasteiger partial charge on any atom is -0.490 e. The number of hydrogen-bond donors (Lipinski definition) is 1. The Kier molecular flexibility index (Phi) is 3.66. The molecule has 0 saturated carbocycles. The van der Waals surface area contributed by atoms with E-state index in [1.807, 2.05) is 39.0 Å². The third kappa shape index (κ3) is 3.17. The van der Waals surface area contributed by atoms with Gasteiger partial charge in [-0.05, 0) is 38.5 Å². The summed E-state index contributed by atoms with van der Waals surface area (Å²) < 4.78 is 11.0. The molecule has 1 heterocycles. The van der Waals surface area contributed by atoms with Crippen LogP contribution in [0.15, 0.2) is 18.2 Å². The molecule has 5 nitrogen and oxygen atoms in total. The SMILES string of the molecule is CC(C)(C)OC(=O)N1CCOc2ccc(CN)cc21. The van der Waals surface area contributed by atoms with Crippen LogP contribution in [-0.4, -0.2) is 24.8 Å². The fourth-order valence-electron chi connectivity index (χ4n) is 1.90. The van der Waals surface area contributed by atoms with E-state index in [0.717, 1.165) is 11.3 Å². The van der Waals surface area contributed by atoms with E-state index in [0.29, 0.717) is 25.4 Å². The van der Waals surface area contributed by atoms with Crippen molar-refractivity contribution in [2.24, 2.45) is 5.73 Å². The lowest BCUT2D eigenvalue weighted by Crippen LogP contribution is -2.41. The summed E-state index contributed by atoms with van der Waals surface area (Å²) in [6.45, 7) is 6.92. The van der Waals surface area contributed by atoms with E-state index in [9.17, 15) is 4.79 Å². The maximum absolute atomic E-state index is 12.2. The lowest BCUT2D eigenvalue weighted by atomic mass is 10.1. The first kappa shape index (κ1) is 13.7. The van der Waals surface area contributed by atoms with E-state index in [1.54, 1.807) is 4.90 Å². The molecule has 0 bridgehead atoms. The second-order valence-electron chi connectivity index (χ2n) is 5.49. The summed E-state index contributed by atoms with van der Waals surface area (Å²) in [6.07, 6.45) is -0.355. The number of nitrogens with zero attached hydrogens (tertiary/aromatic N) is 1. The molecule has 1 aromatic carbocycles. The van der Waals surface area contributed by atoms with Gasteiger partial charge in [0, 0.05) is 6.54 Å². The molecule has 19 heavy (non-hydrogen) atoms. The van der Waals surface area contributed by atoms with E-state index in [-0.39, 0.29) is 6.09 Å². The Balaban J connectivity index is 2.28. The van der Waals surface area contributed by atoms with Crippen LogP contribution in [0, 0.1) is 0 Å². The highest BCUT2D eigenvalue weighted by atomic mass is 16.6. The molecule has 0 aromatic heterocycles. The molecule has 0 aliphatic carbocycles. The minimum atomic E-state index is -0.513. The number of fused-ring (bicyclic) bond motifs is 1. The summed E-state index contributed by atoms with van der Waals surface area (Å²) in [5.74, 6) is 0.689. The van der Waals surface area contributed by atoms with Gasteiger partial charge in [-0.2, -0.15) is 0 Å². The Bertz CT molecular complexity index is 480. The molecule has 5 heteroatoms. The molecule has 0 unspecified atom stereocenters. The average molecular weight is 264 g/mol. The van der Waals surface area contributed by atoms with E-state index >= 15 is 0 Å². The lowest BCUT2D eigenvalue weighted by molar-refractivity contribution is 0.0568. The van der Waals surface area contributed by atoms with Gasteiger partial charge in [0.05, 0.1) is 12.2 Å². The third-order valence-corrected chi connectivity index (χ3v) is 2.74. The smallest absolute Gasteiger partial charge is 0.415 e. The highest BCUT2D eigenvalue weighted by molar-refractivity contribution is 5.90. The summed E-state index contributed by atoms with van der Waals surface area (Å²) in [6, 6.07) is 5.61. The normalized spacial score (nSPS) is 14.6. The quantitative estimate of drug-likeness (QED) is 0.845. The molecule has 2 N–H and O–H groups in total. The first-order valence-electron chi connectivity index (χ1n) is 6.37. The maximum atomic E-state index is 12.2. The Morgan fingerprint density at radius 2 is 2.21 bits per heavy atom. The monoisotopic (exact) mass is 264 g/mol. The van der Waals surface area contributed by atoms with Crippen molar-refractivity contribution in [1.82, 2.24) is 0 Å². The lowest BCUT2D eigenvalue weighted by Gasteiger charge is -2.31. The van der Waals surface area contributed by atoms with Crippen LogP contribution in [0.2, 0.25) is 0 Å². The third-order valence-electron chi connectivity index (χ3n) is 2.74. The van der Waals surface area contributed by atoms with Crippen molar-refractivity contribution in [3.63, 3.8) is 0 Å². The zero-order valence-corrected chi connectivity index (χ0v) is 11.6. The molecule has 1 amide bonds. The largest absolute Gasteiger partial charge is 0.490 e. The van der Waals surface area contributed by atoms with Gasteiger partial charge in [-0.25, -0.2) is 4.79 Å². The number of rotatable bonds is 1. The van der Waals surface area contributed by atoms with Crippen LogP contribution < -0.4 is 15.4 Å². The van der Waals surface area contributed by atoms with Crippen molar-refractivity contribution in [2.75, 3.05) is 18.1 Å². The Morgan fingerprint density at radius 3 is 2.84 bits per heavy atom. The Morgan fingerprint density at radius 1 is 1.47 bits per heavy atom. The number of carbonyl (C=O) groups is 1. The van der Waals surface area contributed by atoms with Crippen molar-refractivity contribution < 1.29 is 14.3 Å². The van der Waals surface area contributed by atoms with Crippen LogP contribution in [0.5, 0.6) is 5.75 Å². The summed E-state index contributed by atoms with van der Waals surface area (Å²) in [5.41, 5.74) is 6.80. The second-order valence-corrected chi connectivity index (χ2v) is 5.49. The van der Waals surface area contributed by atoms with E-state index < -0.39 is 5.60 Å². The zero-order chi connectivity index (χ0) is 14.0. The summed E-state index contributed by atoms with van der Waals surface area (Å²) in [5, 5.41) is 0. The maximum Gasteiger partial charge on any atom is 0.415 e. The number of anilines is 1. The highest BCUT2D eigenvalue weighted by Gasteiger charge is 2.28. The number of benzene rings is 1. The van der Waals surface area contributed by atoms with Gasteiger partial charge in [-0.1, -0.05) is 6.07 Å². The standard InChI is InChI=1S/C14H20N2O3/c1-14(2,3)19-13(17)16-6-7-18-12-5-4-10(9-15)8-11(12)16/h4-5,8H,6-7,9,15H2,1-3H3. The number of nitrogens with two attached hydrogens (primary N) is 1. The molecule has 0 fully saturated rings. The van der Waals surface area contributed by atoms with Gasteiger partial charge in [0.1, 0.15) is 18.0 Å². The molecule has 104 valence electrons. The fourth-order valence-corrected chi connectivity index (χ4v) is 1.90. The predicted molar refractivity (Wildman–Crippen MR) is 73.4 cm³/mol. The van der Waals surface area contributed by atoms with Crippen LogP contribution in [0.1, 0.15) is 26.3 Å². The summed E-state index contributed by atoms with van der Waals surface area (Å²) >= 11 is 0. The molecule has 1 aromatic rings. The Hall–Kier alpha value is -1.75. The van der Waals surface area contributed by atoms with Gasteiger partial charge >= 0.3 is 6.09 Å². The number of hydrogen-bond acceptors (Lipinski definition) is 4. The van der Waals surface area contributed by atoms with Crippen molar-refractivity contribution in [1.29, 1.82) is 0 Å². The Labute approximate surface area is 113 Å². The van der Waals surface area contributed by atoms with Crippen molar-refractivity contribution in [3.8, 4) is 5.75 Å². The van der Waals surface area contributed by atoms with Crippen molar-refractivity contribution in [2.45, 2.75) is 32.9 Å². The molecule has 1 aliphatic rings. The average Bonchev–Trinajstić information content (AvgIpc) is 2.35. The van der Waals surface area contributed by atoms with Gasteiger partial charge in [-0.15, -0.1) is 0 Å². The molecule has 0 atom stereocenters. The molecule has 1 aliphatic heterocycles. The van der Waals surface area contributed by atoms with Crippen LogP contribution >= 0.6 is 0 Å². The summed E-state index contributed by atoms with van der Waals surface area (Å²) in [7, 11) is 0. The predicted octanol–water partition coefficient (Wildman–Crippen LogP) is 2.28. The van der Waals surface area contributed by atoms with Gasteiger partial charge < -0.3 is 15.2 Å². The van der Waals surface area contributed by atoms with E-state index in [4.69, 9.17) is 15.2 Å². The van der Waals surface area contributed by atoms with Gasteiger partial charge in [-0.3, -0.25) is 4.90 Å². The first-order chi connectivity index (χ1) is 8.90. The van der Waals surface area contributed by atoms with Gasteiger partial charge in [0.2, 0.25) is 0 Å². The van der Waals surface area contributed by atoms with E-state index in [1.165, 1.54) is 0 Å². The number of carbonyl (C=O) groups excluding carboxylic acids is 1. The molecule has 2 rings (SSSR count). The van der Waals surface area contributed by atoms with Crippen LogP contribution in [0.4, 0.5) is 10.5 Å². The molecular formula is C14H20N2O3. The van der Waals surface area contributed by atoms with Gasteiger partial charge in [0.25, 0.3) is 0 Å².